The van der Waals surface area contributed by atoms with Crippen molar-refractivity contribution in [2.24, 2.45) is 16.7 Å². The van der Waals surface area contributed by atoms with Gasteiger partial charge in [-0.3, -0.25) is 0 Å². The van der Waals surface area contributed by atoms with Gasteiger partial charge in [0.15, 0.2) is 0 Å². The molecule has 2 atom stereocenters. The molecule has 0 spiro atoms. The fourth-order valence-corrected chi connectivity index (χ4v) is 5.08. The zero-order chi connectivity index (χ0) is 14.9. The number of allylic oxidation sites excluding steroid dienone is 2. The minimum Gasteiger partial charge on any atom is -0.379 e. The molecule has 3 nitrogen and oxygen atoms in total. The van der Waals surface area contributed by atoms with Crippen LogP contribution in [0.5, 0.6) is 0 Å². The van der Waals surface area contributed by atoms with E-state index in [1.54, 1.807) is 6.92 Å². The molecule has 19 heavy (non-hydrogen) atoms. The lowest BCUT2D eigenvalue weighted by Crippen LogP contribution is -2.34. The van der Waals surface area contributed by atoms with Gasteiger partial charge >= 0.3 is 15.6 Å². The second-order valence-corrected chi connectivity index (χ2v) is 8.20. The summed E-state index contributed by atoms with van der Waals surface area (Å²) in [4.78, 5) is 0. The lowest BCUT2D eigenvalue weighted by atomic mass is 9.70. The van der Waals surface area contributed by atoms with Gasteiger partial charge in [0.25, 0.3) is 0 Å². The second kappa shape index (κ2) is 3.90. The average Bonchev–Trinajstić information content (AvgIpc) is 2.50. The molecule has 2 bridgehead atoms. The minimum absolute atomic E-state index is 0.00377. The third-order valence-corrected chi connectivity index (χ3v) is 6.59. The van der Waals surface area contributed by atoms with Crippen molar-refractivity contribution in [3.63, 3.8) is 0 Å². The van der Waals surface area contributed by atoms with E-state index in [9.17, 15) is 21.6 Å². The summed E-state index contributed by atoms with van der Waals surface area (Å²) in [5.41, 5.74) is -6.44. The first-order valence-electron chi connectivity index (χ1n) is 5.75. The third kappa shape index (κ3) is 1.86. The van der Waals surface area contributed by atoms with Gasteiger partial charge in [0, 0.05) is 9.90 Å². The van der Waals surface area contributed by atoms with E-state index in [1.807, 2.05) is 13.8 Å². The number of hydrogen-bond donors (Lipinski definition) is 0. The van der Waals surface area contributed by atoms with E-state index in [1.165, 1.54) is 0 Å². The van der Waals surface area contributed by atoms with Crippen molar-refractivity contribution in [1.82, 2.24) is 0 Å². The van der Waals surface area contributed by atoms with E-state index in [0.29, 0.717) is 10.9 Å². The largest absolute Gasteiger partial charge is 0.534 e. The van der Waals surface area contributed by atoms with Gasteiger partial charge in [-0.1, -0.05) is 36.7 Å². The molecule has 2 aliphatic rings. The van der Waals surface area contributed by atoms with Crippen LogP contribution in [0.4, 0.5) is 13.2 Å². The Bertz CT molecular complexity index is 550. The van der Waals surface area contributed by atoms with E-state index in [4.69, 9.17) is 0 Å². The molecule has 0 radical (unpaired) electrons. The van der Waals surface area contributed by atoms with E-state index >= 15 is 0 Å². The zero-order valence-corrected chi connectivity index (χ0v) is 13.0. The Morgan fingerprint density at radius 2 is 1.84 bits per heavy atom. The molecule has 0 amide bonds. The van der Waals surface area contributed by atoms with Crippen molar-refractivity contribution >= 4 is 26.0 Å². The number of rotatable bonds is 2. The topological polar surface area (TPSA) is 43.4 Å². The molecular formula is C11H14BrF3O3S. The standard InChI is InChI=1S/C11H14BrF3O3S/c1-9(2)6-4-5-10(9,3)8(7(6)12)18-19(16,17)11(13,14)15/h6H,4-5H2,1-3H3. The van der Waals surface area contributed by atoms with E-state index in [2.05, 4.69) is 20.1 Å². The van der Waals surface area contributed by atoms with E-state index in [-0.39, 0.29) is 17.1 Å². The van der Waals surface area contributed by atoms with Crippen molar-refractivity contribution < 1.29 is 25.8 Å². The molecule has 2 unspecified atom stereocenters. The summed E-state index contributed by atoms with van der Waals surface area (Å²) in [6.45, 7) is 5.59. The molecule has 110 valence electrons. The monoisotopic (exact) mass is 362 g/mol. The molecule has 0 aliphatic heterocycles. The van der Waals surface area contributed by atoms with Crippen LogP contribution in [-0.2, 0) is 14.3 Å². The van der Waals surface area contributed by atoms with Crippen molar-refractivity contribution in [1.29, 1.82) is 0 Å². The lowest BCUT2D eigenvalue weighted by Gasteiger charge is -2.35. The molecular weight excluding hydrogens is 349 g/mol. The summed E-state index contributed by atoms with van der Waals surface area (Å²) < 4.78 is 64.5. The van der Waals surface area contributed by atoms with Crippen LogP contribution in [0.2, 0.25) is 0 Å². The van der Waals surface area contributed by atoms with E-state index < -0.39 is 21.0 Å². The number of hydrogen-bond acceptors (Lipinski definition) is 3. The summed E-state index contributed by atoms with van der Waals surface area (Å²) >= 11 is 3.21. The lowest BCUT2D eigenvalue weighted by molar-refractivity contribution is -0.0538. The first-order valence-corrected chi connectivity index (χ1v) is 7.95. The van der Waals surface area contributed by atoms with Gasteiger partial charge in [-0.15, -0.1) is 0 Å². The van der Waals surface area contributed by atoms with Crippen molar-refractivity contribution in [3.8, 4) is 0 Å². The molecule has 0 N–H and O–H groups in total. The molecule has 1 fully saturated rings. The molecule has 0 aromatic heterocycles. The normalized spacial score (nSPS) is 33.9. The highest BCUT2D eigenvalue weighted by atomic mass is 79.9. The van der Waals surface area contributed by atoms with Gasteiger partial charge in [-0.25, -0.2) is 0 Å². The molecule has 0 heterocycles. The van der Waals surface area contributed by atoms with Gasteiger partial charge in [-0.2, -0.15) is 21.6 Å². The Labute approximate surface area is 118 Å². The molecule has 0 aromatic carbocycles. The first-order chi connectivity index (χ1) is 8.34. The maximum atomic E-state index is 12.4. The Balaban J connectivity index is 2.44. The Morgan fingerprint density at radius 3 is 2.21 bits per heavy atom. The van der Waals surface area contributed by atoms with Gasteiger partial charge in [0.05, 0.1) is 0 Å². The Hall–Kier alpha value is -0.240. The summed E-state index contributed by atoms with van der Waals surface area (Å²) in [7, 11) is -5.61. The SMILES string of the molecule is CC12CCC(C(Br)=C1OS(=O)(=O)C(F)(F)F)C2(C)C. The van der Waals surface area contributed by atoms with Crippen LogP contribution in [0.25, 0.3) is 0 Å². The highest BCUT2D eigenvalue weighted by molar-refractivity contribution is 9.11. The quantitative estimate of drug-likeness (QED) is 0.552. The van der Waals surface area contributed by atoms with Crippen LogP contribution < -0.4 is 0 Å². The molecule has 2 aliphatic carbocycles. The maximum Gasteiger partial charge on any atom is 0.534 e. The predicted molar refractivity (Wildman–Crippen MR) is 66.6 cm³/mol. The van der Waals surface area contributed by atoms with Crippen LogP contribution in [-0.4, -0.2) is 13.9 Å². The number of halogens is 4. The summed E-state index contributed by atoms with van der Waals surface area (Å²) in [6.07, 6.45) is 1.42. The van der Waals surface area contributed by atoms with Crippen LogP contribution in [0, 0.1) is 16.7 Å². The van der Waals surface area contributed by atoms with Crippen LogP contribution >= 0.6 is 15.9 Å². The summed E-state index contributed by atoms with van der Waals surface area (Å²) in [5.74, 6) is -0.0954. The Kier molecular flexibility index (Phi) is 3.11. The Morgan fingerprint density at radius 1 is 1.32 bits per heavy atom. The van der Waals surface area contributed by atoms with Crippen molar-refractivity contribution in [2.45, 2.75) is 39.1 Å². The van der Waals surface area contributed by atoms with Gasteiger partial charge < -0.3 is 4.18 Å². The average molecular weight is 363 g/mol. The first kappa shape index (κ1) is 15.2. The molecule has 0 saturated heterocycles. The fourth-order valence-electron chi connectivity index (χ4n) is 3.06. The summed E-state index contributed by atoms with van der Waals surface area (Å²) in [5, 5.41) is 0. The number of fused-ring (bicyclic) bond motifs is 2. The van der Waals surface area contributed by atoms with Gasteiger partial charge in [0.1, 0.15) is 5.76 Å². The highest BCUT2D eigenvalue weighted by Crippen LogP contribution is 2.69. The minimum atomic E-state index is -5.61. The fraction of sp³-hybridized carbons (Fsp3) is 0.818. The highest BCUT2D eigenvalue weighted by Gasteiger charge is 2.63. The van der Waals surface area contributed by atoms with Crippen LogP contribution in [0.15, 0.2) is 10.2 Å². The molecule has 0 aromatic rings. The maximum absolute atomic E-state index is 12.4. The van der Waals surface area contributed by atoms with E-state index in [0.717, 1.165) is 6.42 Å². The number of alkyl halides is 3. The van der Waals surface area contributed by atoms with Gasteiger partial charge in [0.2, 0.25) is 0 Å². The second-order valence-electron chi connectivity index (χ2n) is 5.81. The molecule has 1 saturated carbocycles. The van der Waals surface area contributed by atoms with Crippen LogP contribution in [0.3, 0.4) is 0 Å². The predicted octanol–water partition coefficient (Wildman–Crippen LogP) is 3.92. The summed E-state index contributed by atoms with van der Waals surface area (Å²) in [6, 6.07) is 0. The van der Waals surface area contributed by atoms with Gasteiger partial charge in [-0.05, 0) is 24.2 Å². The third-order valence-electron chi connectivity index (χ3n) is 4.73. The smallest absolute Gasteiger partial charge is 0.379 e. The van der Waals surface area contributed by atoms with Crippen molar-refractivity contribution in [3.05, 3.63) is 10.2 Å². The molecule has 2 rings (SSSR count). The zero-order valence-electron chi connectivity index (χ0n) is 10.6. The van der Waals surface area contributed by atoms with Crippen molar-refractivity contribution in [2.75, 3.05) is 0 Å². The van der Waals surface area contributed by atoms with Crippen LogP contribution in [0.1, 0.15) is 33.6 Å². The molecule has 8 heteroatoms.